The van der Waals surface area contributed by atoms with Gasteiger partial charge in [-0.25, -0.2) is 14.4 Å². The lowest BCUT2D eigenvalue weighted by Gasteiger charge is -2.19. The monoisotopic (exact) mass is 407 g/mol. The van der Waals surface area contributed by atoms with Crippen LogP contribution in [0.4, 0.5) is 15.9 Å². The first-order valence-electron chi connectivity index (χ1n) is 9.92. The SMILES string of the molecule is CNc1cccc(F)c1.Cc1ccnc(-c2nc3c(c(N(C)CC=O)n2)CCC3)c1. The molecule has 1 aliphatic rings. The van der Waals surface area contributed by atoms with E-state index in [1.807, 2.05) is 37.1 Å². The molecule has 0 amide bonds. The molecule has 1 aromatic carbocycles. The lowest BCUT2D eigenvalue weighted by Crippen LogP contribution is -2.23. The van der Waals surface area contributed by atoms with Gasteiger partial charge in [0, 0.05) is 37.2 Å². The molecule has 7 heteroatoms. The number of pyridine rings is 1. The van der Waals surface area contributed by atoms with Gasteiger partial charge < -0.3 is 15.0 Å². The number of fused-ring (bicyclic) bond motifs is 1. The second-order valence-corrected chi connectivity index (χ2v) is 7.18. The van der Waals surface area contributed by atoms with E-state index in [1.54, 1.807) is 19.3 Å². The Kier molecular flexibility index (Phi) is 7.06. The summed E-state index contributed by atoms with van der Waals surface area (Å²) in [6.07, 6.45) is 5.72. The van der Waals surface area contributed by atoms with Crippen molar-refractivity contribution in [2.45, 2.75) is 26.2 Å². The molecule has 6 nitrogen and oxygen atoms in total. The minimum absolute atomic E-state index is 0.207. The van der Waals surface area contributed by atoms with Crippen molar-refractivity contribution in [2.75, 3.05) is 30.9 Å². The summed E-state index contributed by atoms with van der Waals surface area (Å²) in [4.78, 5) is 26.4. The van der Waals surface area contributed by atoms with Gasteiger partial charge in [0.15, 0.2) is 5.82 Å². The first kappa shape index (κ1) is 21.4. The van der Waals surface area contributed by atoms with Gasteiger partial charge in [0.05, 0.1) is 6.54 Å². The maximum absolute atomic E-state index is 12.3. The van der Waals surface area contributed by atoms with E-state index in [0.29, 0.717) is 12.4 Å². The second kappa shape index (κ2) is 9.91. The van der Waals surface area contributed by atoms with Gasteiger partial charge in [-0.3, -0.25) is 4.98 Å². The maximum atomic E-state index is 12.3. The summed E-state index contributed by atoms with van der Waals surface area (Å²) < 4.78 is 12.3. The molecule has 0 atom stereocenters. The molecule has 1 aliphatic carbocycles. The molecule has 4 rings (SSSR count). The van der Waals surface area contributed by atoms with Gasteiger partial charge in [-0.15, -0.1) is 0 Å². The van der Waals surface area contributed by atoms with Crippen molar-refractivity contribution >= 4 is 17.8 Å². The van der Waals surface area contributed by atoms with E-state index >= 15 is 0 Å². The predicted molar refractivity (Wildman–Crippen MR) is 117 cm³/mol. The highest BCUT2D eigenvalue weighted by atomic mass is 19.1. The van der Waals surface area contributed by atoms with Gasteiger partial charge >= 0.3 is 0 Å². The van der Waals surface area contributed by atoms with Crippen LogP contribution in [0, 0.1) is 12.7 Å². The normalized spacial score (nSPS) is 11.9. The van der Waals surface area contributed by atoms with E-state index in [-0.39, 0.29) is 5.82 Å². The molecule has 30 heavy (non-hydrogen) atoms. The van der Waals surface area contributed by atoms with Crippen LogP contribution < -0.4 is 10.2 Å². The first-order valence-corrected chi connectivity index (χ1v) is 9.92. The van der Waals surface area contributed by atoms with Gasteiger partial charge in [-0.05, 0) is 62.1 Å². The number of aryl methyl sites for hydroxylation is 2. The Balaban J connectivity index is 0.000000239. The second-order valence-electron chi connectivity index (χ2n) is 7.18. The highest BCUT2D eigenvalue weighted by Gasteiger charge is 2.22. The number of hydrogen-bond acceptors (Lipinski definition) is 6. The van der Waals surface area contributed by atoms with Crippen molar-refractivity contribution in [3.8, 4) is 11.5 Å². The van der Waals surface area contributed by atoms with Crippen molar-refractivity contribution in [3.63, 3.8) is 0 Å². The minimum atomic E-state index is -0.207. The third-order valence-electron chi connectivity index (χ3n) is 4.88. The minimum Gasteiger partial charge on any atom is -0.388 e. The lowest BCUT2D eigenvalue weighted by atomic mass is 10.2. The number of aromatic nitrogens is 3. The van der Waals surface area contributed by atoms with Crippen LogP contribution in [0.25, 0.3) is 11.5 Å². The molecule has 0 radical (unpaired) electrons. The maximum Gasteiger partial charge on any atom is 0.180 e. The van der Waals surface area contributed by atoms with E-state index in [0.717, 1.165) is 54.0 Å². The van der Waals surface area contributed by atoms with Gasteiger partial charge in [0.1, 0.15) is 23.6 Å². The molecule has 0 spiro atoms. The lowest BCUT2D eigenvalue weighted by molar-refractivity contribution is -0.106. The summed E-state index contributed by atoms with van der Waals surface area (Å²) in [5, 5.41) is 2.83. The number of halogens is 1. The van der Waals surface area contributed by atoms with Gasteiger partial charge in [0.25, 0.3) is 0 Å². The molecule has 0 aliphatic heterocycles. The summed E-state index contributed by atoms with van der Waals surface area (Å²) in [6.45, 7) is 2.36. The molecule has 156 valence electrons. The molecule has 3 aromatic rings. The number of nitrogens with one attached hydrogen (secondary N) is 1. The summed E-state index contributed by atoms with van der Waals surface area (Å²) in [7, 11) is 3.65. The van der Waals surface area contributed by atoms with E-state index in [9.17, 15) is 9.18 Å². The average Bonchev–Trinajstić information content (AvgIpc) is 3.22. The van der Waals surface area contributed by atoms with Crippen molar-refractivity contribution in [1.29, 1.82) is 0 Å². The van der Waals surface area contributed by atoms with Crippen molar-refractivity contribution < 1.29 is 9.18 Å². The Morgan fingerprint density at radius 2 is 2.03 bits per heavy atom. The van der Waals surface area contributed by atoms with Crippen LogP contribution in [-0.4, -0.2) is 41.9 Å². The quantitative estimate of drug-likeness (QED) is 0.648. The Bertz CT molecular complexity index is 1020. The average molecular weight is 407 g/mol. The molecule has 0 saturated carbocycles. The topological polar surface area (TPSA) is 71.0 Å². The number of hydrogen-bond donors (Lipinski definition) is 1. The Morgan fingerprint density at radius 3 is 2.70 bits per heavy atom. The molecular formula is C23H26FN5O. The largest absolute Gasteiger partial charge is 0.388 e. The van der Waals surface area contributed by atoms with Crippen LogP contribution in [0.3, 0.4) is 0 Å². The summed E-state index contributed by atoms with van der Waals surface area (Å²) in [5.41, 5.74) is 4.99. The number of anilines is 2. The molecule has 0 bridgehead atoms. The summed E-state index contributed by atoms with van der Waals surface area (Å²) in [6, 6.07) is 10.3. The van der Waals surface area contributed by atoms with Crippen LogP contribution in [0.1, 0.15) is 23.2 Å². The van der Waals surface area contributed by atoms with Gasteiger partial charge in [0.2, 0.25) is 0 Å². The van der Waals surface area contributed by atoms with E-state index < -0.39 is 0 Å². The van der Waals surface area contributed by atoms with Gasteiger partial charge in [-0.2, -0.15) is 0 Å². The standard InChI is InChI=1S/C16H18N4O.C7H8FN/c1-11-6-7-17-14(10-11)15-18-13-5-3-4-12(13)16(19-15)20(2)8-9-21;1-9-7-4-2-3-6(8)5-7/h6-7,9-10H,3-5,8H2,1-2H3;2-5,9H,1H3. The first-order chi connectivity index (χ1) is 14.5. The third kappa shape index (κ3) is 5.17. The smallest absolute Gasteiger partial charge is 0.180 e. The van der Waals surface area contributed by atoms with Crippen molar-refractivity contribution in [1.82, 2.24) is 15.0 Å². The fraction of sp³-hybridized carbons (Fsp3) is 0.304. The zero-order chi connectivity index (χ0) is 21.5. The number of carbonyl (C=O) groups is 1. The number of aldehydes is 1. The summed E-state index contributed by atoms with van der Waals surface area (Å²) in [5.74, 6) is 1.30. The zero-order valence-corrected chi connectivity index (χ0v) is 17.5. The molecule has 0 unspecified atom stereocenters. The van der Waals surface area contributed by atoms with Crippen LogP contribution in [-0.2, 0) is 17.6 Å². The molecule has 0 saturated heterocycles. The number of benzene rings is 1. The molecule has 1 N–H and O–H groups in total. The Morgan fingerprint density at radius 1 is 1.20 bits per heavy atom. The number of likely N-dealkylation sites (N-methyl/N-ethyl adjacent to an activating group) is 1. The van der Waals surface area contributed by atoms with E-state index in [1.165, 1.54) is 17.7 Å². The van der Waals surface area contributed by atoms with E-state index in [2.05, 4.69) is 20.3 Å². The zero-order valence-electron chi connectivity index (χ0n) is 17.5. The Hall–Kier alpha value is -3.35. The number of carbonyl (C=O) groups excluding carboxylic acids is 1. The van der Waals surface area contributed by atoms with Crippen LogP contribution in [0.2, 0.25) is 0 Å². The van der Waals surface area contributed by atoms with Crippen molar-refractivity contribution in [3.05, 3.63) is 65.2 Å². The fourth-order valence-electron chi connectivity index (χ4n) is 3.34. The molecule has 2 heterocycles. The predicted octanol–water partition coefficient (Wildman–Crippen LogP) is 3.84. The number of nitrogens with zero attached hydrogens (tertiary/aromatic N) is 4. The third-order valence-corrected chi connectivity index (χ3v) is 4.88. The molecule has 2 aromatic heterocycles. The highest BCUT2D eigenvalue weighted by Crippen LogP contribution is 2.30. The van der Waals surface area contributed by atoms with E-state index in [4.69, 9.17) is 0 Å². The van der Waals surface area contributed by atoms with Crippen LogP contribution in [0.15, 0.2) is 42.6 Å². The molecule has 0 fully saturated rings. The number of rotatable bonds is 5. The van der Waals surface area contributed by atoms with Crippen LogP contribution in [0.5, 0.6) is 0 Å². The van der Waals surface area contributed by atoms with Gasteiger partial charge in [-0.1, -0.05) is 6.07 Å². The fourth-order valence-corrected chi connectivity index (χ4v) is 3.34. The van der Waals surface area contributed by atoms with Crippen LogP contribution >= 0.6 is 0 Å². The van der Waals surface area contributed by atoms with Crippen molar-refractivity contribution in [2.24, 2.45) is 0 Å². The summed E-state index contributed by atoms with van der Waals surface area (Å²) >= 11 is 0. The molecular weight excluding hydrogens is 381 g/mol. The Labute approximate surface area is 176 Å². The highest BCUT2D eigenvalue weighted by molar-refractivity contribution is 5.64.